The Labute approximate surface area is 188 Å². The van der Waals surface area contributed by atoms with Crippen LogP contribution in [0.3, 0.4) is 0 Å². The third kappa shape index (κ3) is 4.01. The zero-order chi connectivity index (χ0) is 22.7. The molecule has 0 aliphatic carbocycles. The van der Waals surface area contributed by atoms with Crippen LogP contribution in [0, 0.1) is 6.92 Å². The van der Waals surface area contributed by atoms with Gasteiger partial charge in [-0.15, -0.1) is 0 Å². The Kier molecular flexibility index (Phi) is 6.06. The maximum absolute atomic E-state index is 13.0. The van der Waals surface area contributed by atoms with Crippen molar-refractivity contribution in [1.29, 1.82) is 0 Å². The molecule has 32 heavy (non-hydrogen) atoms. The minimum absolute atomic E-state index is 0.303. The van der Waals surface area contributed by atoms with Crippen LogP contribution in [-0.4, -0.2) is 36.9 Å². The summed E-state index contributed by atoms with van der Waals surface area (Å²) in [6.07, 6.45) is -0.869. The number of aliphatic hydroxyl groups is 1. The smallest absolute Gasteiger partial charge is 0.413 e. The van der Waals surface area contributed by atoms with E-state index < -0.39 is 17.9 Å². The van der Waals surface area contributed by atoms with Gasteiger partial charge in [0.2, 0.25) is 5.72 Å². The molecule has 2 unspecified atom stereocenters. The summed E-state index contributed by atoms with van der Waals surface area (Å²) in [4.78, 5) is 14.4. The lowest BCUT2D eigenvalue weighted by atomic mass is 9.91. The summed E-state index contributed by atoms with van der Waals surface area (Å²) in [5.74, 6) is 1.34. The van der Waals surface area contributed by atoms with Crippen LogP contribution in [0.15, 0.2) is 72.8 Å². The van der Waals surface area contributed by atoms with Gasteiger partial charge in [0.05, 0.1) is 14.2 Å². The minimum atomic E-state index is -1.68. The third-order valence-corrected chi connectivity index (χ3v) is 5.89. The van der Waals surface area contributed by atoms with Crippen LogP contribution in [0.1, 0.15) is 28.4 Å². The molecule has 6 heteroatoms. The molecule has 0 radical (unpaired) electrons. The molecule has 166 valence electrons. The van der Waals surface area contributed by atoms with E-state index in [0.717, 1.165) is 5.56 Å². The van der Waals surface area contributed by atoms with Crippen molar-refractivity contribution in [3.8, 4) is 11.5 Å². The summed E-state index contributed by atoms with van der Waals surface area (Å²) in [6, 6.07) is 22.4. The van der Waals surface area contributed by atoms with Crippen molar-refractivity contribution in [3.05, 3.63) is 95.1 Å². The highest BCUT2D eigenvalue weighted by atomic mass is 16.6. The van der Waals surface area contributed by atoms with Gasteiger partial charge in [-0.05, 0) is 48.7 Å². The largest absolute Gasteiger partial charge is 0.497 e. The molecule has 0 aromatic heterocycles. The fraction of sp³-hybridized carbons (Fsp3) is 0.269. The van der Waals surface area contributed by atoms with Crippen molar-refractivity contribution in [1.82, 2.24) is 4.90 Å². The van der Waals surface area contributed by atoms with Crippen molar-refractivity contribution < 1.29 is 24.1 Å². The molecule has 1 heterocycles. The van der Waals surface area contributed by atoms with Crippen LogP contribution < -0.4 is 9.47 Å². The number of rotatable bonds is 7. The van der Waals surface area contributed by atoms with Crippen molar-refractivity contribution in [3.63, 3.8) is 0 Å². The highest BCUT2D eigenvalue weighted by Crippen LogP contribution is 2.47. The van der Waals surface area contributed by atoms with E-state index >= 15 is 0 Å². The lowest BCUT2D eigenvalue weighted by molar-refractivity contribution is -0.109. The number of hydrogen-bond acceptors (Lipinski definition) is 5. The van der Waals surface area contributed by atoms with Gasteiger partial charge < -0.3 is 19.3 Å². The summed E-state index contributed by atoms with van der Waals surface area (Å²) < 4.78 is 16.2. The fourth-order valence-electron chi connectivity index (χ4n) is 4.01. The van der Waals surface area contributed by atoms with Gasteiger partial charge in [0.15, 0.2) is 6.10 Å². The molecule has 1 aliphatic heterocycles. The highest BCUT2D eigenvalue weighted by molar-refractivity contribution is 5.72. The van der Waals surface area contributed by atoms with E-state index in [1.807, 2.05) is 31.2 Å². The van der Waals surface area contributed by atoms with Crippen LogP contribution in [0.4, 0.5) is 4.79 Å². The number of amides is 1. The molecule has 0 bridgehead atoms. The predicted octanol–water partition coefficient (Wildman–Crippen LogP) is 4.59. The van der Waals surface area contributed by atoms with Gasteiger partial charge in [0.25, 0.3) is 0 Å². The molecule has 6 nitrogen and oxygen atoms in total. The van der Waals surface area contributed by atoms with E-state index in [0.29, 0.717) is 35.6 Å². The average molecular weight is 434 g/mol. The third-order valence-electron chi connectivity index (χ3n) is 5.89. The second-order valence-electron chi connectivity index (χ2n) is 7.88. The number of cyclic esters (lactones) is 1. The van der Waals surface area contributed by atoms with E-state index in [-0.39, 0.29) is 0 Å². The topological polar surface area (TPSA) is 68.2 Å². The van der Waals surface area contributed by atoms with Crippen molar-refractivity contribution in [2.45, 2.75) is 25.2 Å². The molecule has 1 N–H and O–H groups in total. The van der Waals surface area contributed by atoms with Gasteiger partial charge in [-0.1, -0.05) is 54.1 Å². The van der Waals surface area contributed by atoms with Crippen LogP contribution >= 0.6 is 0 Å². The van der Waals surface area contributed by atoms with Gasteiger partial charge in [0, 0.05) is 12.1 Å². The number of methoxy groups -OCH3 is 2. The van der Waals surface area contributed by atoms with Crippen LogP contribution in [-0.2, 0) is 16.9 Å². The normalized spacial score (nSPS) is 20.2. The molecule has 1 amide bonds. The van der Waals surface area contributed by atoms with Crippen LogP contribution in [0.5, 0.6) is 11.5 Å². The Balaban J connectivity index is 1.70. The fourth-order valence-corrected chi connectivity index (χ4v) is 4.01. The Hall–Kier alpha value is -3.51. The summed E-state index contributed by atoms with van der Waals surface area (Å²) in [5.41, 5.74) is 1.80. The van der Waals surface area contributed by atoms with Gasteiger partial charge in [-0.2, -0.15) is 0 Å². The van der Waals surface area contributed by atoms with E-state index in [1.54, 1.807) is 62.8 Å². The number of hydrogen-bond donors (Lipinski definition) is 1. The number of nitrogens with zero attached hydrogens (tertiary/aromatic N) is 1. The second kappa shape index (κ2) is 8.93. The number of aryl methyl sites for hydroxylation is 1. The maximum Gasteiger partial charge on any atom is 0.413 e. The Morgan fingerprint density at radius 2 is 1.47 bits per heavy atom. The Morgan fingerprint density at radius 1 is 0.906 bits per heavy atom. The van der Waals surface area contributed by atoms with E-state index in [4.69, 9.17) is 14.2 Å². The molecule has 1 aliphatic rings. The zero-order valence-corrected chi connectivity index (χ0v) is 18.4. The number of carbonyl (C=O) groups is 1. The van der Waals surface area contributed by atoms with Crippen LogP contribution in [0.2, 0.25) is 0 Å². The molecule has 4 rings (SSSR count). The van der Waals surface area contributed by atoms with Gasteiger partial charge in [0.1, 0.15) is 11.5 Å². The molecule has 1 fully saturated rings. The number of benzene rings is 3. The molecule has 0 saturated carbocycles. The molecule has 3 aromatic carbocycles. The molecular weight excluding hydrogens is 406 g/mol. The van der Waals surface area contributed by atoms with Crippen molar-refractivity contribution in [2.75, 3.05) is 20.8 Å². The van der Waals surface area contributed by atoms with Gasteiger partial charge in [-0.3, -0.25) is 4.90 Å². The second-order valence-corrected chi connectivity index (χ2v) is 7.88. The first kappa shape index (κ1) is 21.7. The summed E-state index contributed by atoms with van der Waals surface area (Å²) >= 11 is 0. The first-order chi connectivity index (χ1) is 15.5. The number of ether oxygens (including phenoxy) is 3. The highest BCUT2D eigenvalue weighted by Gasteiger charge is 2.55. The summed E-state index contributed by atoms with van der Waals surface area (Å²) in [5, 5.41) is 12.0. The van der Waals surface area contributed by atoms with Crippen LogP contribution in [0.25, 0.3) is 0 Å². The molecular formula is C26H27NO5. The summed E-state index contributed by atoms with van der Waals surface area (Å²) in [7, 11) is 3.17. The van der Waals surface area contributed by atoms with E-state index in [2.05, 4.69) is 0 Å². The predicted molar refractivity (Wildman–Crippen MR) is 121 cm³/mol. The zero-order valence-electron chi connectivity index (χ0n) is 18.4. The first-order valence-electron chi connectivity index (χ1n) is 10.5. The lowest BCUT2D eigenvalue weighted by Crippen LogP contribution is -2.46. The van der Waals surface area contributed by atoms with Gasteiger partial charge in [-0.25, -0.2) is 4.79 Å². The average Bonchev–Trinajstić information content (AvgIpc) is 3.09. The molecule has 2 atom stereocenters. The van der Waals surface area contributed by atoms with E-state index in [9.17, 15) is 9.90 Å². The SMILES string of the molecule is COc1ccc(C2OC(=O)N(CCc3ccc(C)cc3)C2(O)c2ccc(OC)cc2)cc1. The van der Waals surface area contributed by atoms with E-state index in [1.165, 1.54) is 10.5 Å². The number of carbonyl (C=O) groups excluding carboxylic acids is 1. The summed E-state index contributed by atoms with van der Waals surface area (Å²) in [6.45, 7) is 2.33. The Morgan fingerprint density at radius 3 is 2.03 bits per heavy atom. The van der Waals surface area contributed by atoms with Crippen molar-refractivity contribution >= 4 is 6.09 Å². The molecule has 1 saturated heterocycles. The molecule has 3 aromatic rings. The molecule has 0 spiro atoms. The van der Waals surface area contributed by atoms with Gasteiger partial charge >= 0.3 is 6.09 Å². The Bertz CT molecular complexity index is 1060. The quantitative estimate of drug-likeness (QED) is 0.590. The monoisotopic (exact) mass is 433 g/mol. The van der Waals surface area contributed by atoms with Crippen molar-refractivity contribution in [2.24, 2.45) is 0 Å². The minimum Gasteiger partial charge on any atom is -0.497 e. The standard InChI is InChI=1S/C26H27NO5/c1-18-4-6-19(7-5-18)16-17-27-25(28)32-24(20-8-12-22(30-2)13-9-20)26(27,29)21-10-14-23(31-3)15-11-21/h4-15,24,29H,16-17H2,1-3H3. The lowest BCUT2D eigenvalue weighted by Gasteiger charge is -2.35. The maximum atomic E-state index is 13.0. The first-order valence-corrected chi connectivity index (χ1v) is 10.5.